The van der Waals surface area contributed by atoms with Gasteiger partial charge >= 0.3 is 5.97 Å². The highest BCUT2D eigenvalue weighted by molar-refractivity contribution is 5.81. The number of rotatable bonds is 4. The number of nitrogens with zero attached hydrogens (tertiary/aromatic N) is 2. The molecule has 2 saturated heterocycles. The smallest absolute Gasteiger partial charge is 0.311 e. The second-order valence-corrected chi connectivity index (χ2v) is 5.88. The third kappa shape index (κ3) is 3.30. The highest BCUT2D eigenvalue weighted by Crippen LogP contribution is 2.34. The molecule has 0 saturated carbocycles. The molecule has 2 fully saturated rings. The summed E-state index contributed by atoms with van der Waals surface area (Å²) >= 11 is 0. The molecule has 6 heteroatoms. The van der Waals surface area contributed by atoms with E-state index in [-0.39, 0.29) is 5.91 Å². The monoisotopic (exact) mass is 283 g/mol. The third-order valence-electron chi connectivity index (χ3n) is 4.63. The van der Waals surface area contributed by atoms with E-state index in [1.807, 2.05) is 6.92 Å². The summed E-state index contributed by atoms with van der Waals surface area (Å²) in [5, 5.41) is 12.7. The normalized spacial score (nSPS) is 28.4. The van der Waals surface area contributed by atoms with Crippen molar-refractivity contribution in [1.82, 2.24) is 15.1 Å². The van der Waals surface area contributed by atoms with E-state index in [0.29, 0.717) is 32.5 Å². The Morgan fingerprint density at radius 3 is 2.70 bits per heavy atom. The van der Waals surface area contributed by atoms with Crippen LogP contribution >= 0.6 is 0 Å². The maximum atomic E-state index is 12.3. The van der Waals surface area contributed by atoms with Crippen molar-refractivity contribution in [3.05, 3.63) is 0 Å². The zero-order chi connectivity index (χ0) is 14.6. The molecule has 1 atom stereocenters. The van der Waals surface area contributed by atoms with Crippen LogP contribution in [0, 0.1) is 5.41 Å². The van der Waals surface area contributed by atoms with Crippen molar-refractivity contribution in [2.24, 2.45) is 5.41 Å². The van der Waals surface area contributed by atoms with Gasteiger partial charge in [-0.1, -0.05) is 6.92 Å². The molecule has 2 rings (SSSR count). The summed E-state index contributed by atoms with van der Waals surface area (Å²) in [5.41, 5.74) is -0.726. The van der Waals surface area contributed by atoms with Gasteiger partial charge in [0.1, 0.15) is 0 Å². The number of aliphatic carboxylic acids is 1. The SMILES string of the molecule is CCC1(C(=O)O)CCN(C(=O)CN2CCCNCC2)C1. The topological polar surface area (TPSA) is 72.9 Å². The van der Waals surface area contributed by atoms with Gasteiger partial charge in [0.05, 0.1) is 12.0 Å². The number of carbonyl (C=O) groups is 2. The maximum Gasteiger partial charge on any atom is 0.311 e. The van der Waals surface area contributed by atoms with Crippen LogP contribution in [-0.4, -0.2) is 72.6 Å². The van der Waals surface area contributed by atoms with Crippen molar-refractivity contribution in [3.63, 3.8) is 0 Å². The molecule has 0 spiro atoms. The zero-order valence-corrected chi connectivity index (χ0v) is 12.2. The van der Waals surface area contributed by atoms with E-state index >= 15 is 0 Å². The van der Waals surface area contributed by atoms with Crippen LogP contribution in [0.15, 0.2) is 0 Å². The highest BCUT2D eigenvalue weighted by Gasteiger charge is 2.44. The molecule has 0 radical (unpaired) electrons. The Balaban J connectivity index is 1.89. The van der Waals surface area contributed by atoms with Crippen LogP contribution in [0.1, 0.15) is 26.2 Å². The van der Waals surface area contributed by atoms with Crippen LogP contribution < -0.4 is 5.32 Å². The average Bonchev–Trinajstić information content (AvgIpc) is 2.73. The Morgan fingerprint density at radius 1 is 1.25 bits per heavy atom. The molecule has 0 aliphatic carbocycles. The summed E-state index contributed by atoms with van der Waals surface area (Å²) in [6.07, 6.45) is 2.22. The molecular weight excluding hydrogens is 258 g/mol. The first-order valence-electron chi connectivity index (χ1n) is 7.52. The lowest BCUT2D eigenvalue weighted by Crippen LogP contribution is -2.42. The number of nitrogens with one attached hydrogen (secondary N) is 1. The minimum Gasteiger partial charge on any atom is -0.481 e. The Hall–Kier alpha value is -1.14. The quantitative estimate of drug-likeness (QED) is 0.759. The first-order chi connectivity index (χ1) is 9.57. The highest BCUT2D eigenvalue weighted by atomic mass is 16.4. The van der Waals surface area contributed by atoms with E-state index in [0.717, 1.165) is 32.6 Å². The number of hydrogen-bond donors (Lipinski definition) is 2. The van der Waals surface area contributed by atoms with E-state index in [4.69, 9.17) is 0 Å². The summed E-state index contributed by atoms with van der Waals surface area (Å²) in [4.78, 5) is 27.6. The fourth-order valence-corrected chi connectivity index (χ4v) is 3.05. The summed E-state index contributed by atoms with van der Waals surface area (Å²) in [5.74, 6) is -0.697. The van der Waals surface area contributed by atoms with Crippen LogP contribution in [0.3, 0.4) is 0 Å². The number of carbonyl (C=O) groups excluding carboxylic acids is 1. The summed E-state index contributed by atoms with van der Waals surface area (Å²) in [6.45, 7) is 6.99. The predicted molar refractivity (Wildman–Crippen MR) is 75.5 cm³/mol. The molecule has 20 heavy (non-hydrogen) atoms. The van der Waals surface area contributed by atoms with E-state index in [1.165, 1.54) is 0 Å². The van der Waals surface area contributed by atoms with Gasteiger partial charge in [-0.3, -0.25) is 14.5 Å². The van der Waals surface area contributed by atoms with E-state index < -0.39 is 11.4 Å². The van der Waals surface area contributed by atoms with Crippen LogP contribution in [0.25, 0.3) is 0 Å². The van der Waals surface area contributed by atoms with Crippen molar-refractivity contribution in [2.45, 2.75) is 26.2 Å². The molecule has 0 aromatic carbocycles. The molecule has 2 aliphatic heterocycles. The van der Waals surface area contributed by atoms with Gasteiger partial charge in [-0.25, -0.2) is 0 Å². The molecule has 1 unspecified atom stereocenters. The number of hydrogen-bond acceptors (Lipinski definition) is 4. The molecule has 6 nitrogen and oxygen atoms in total. The molecule has 0 aromatic rings. The Labute approximate surface area is 120 Å². The van der Waals surface area contributed by atoms with Crippen molar-refractivity contribution in [1.29, 1.82) is 0 Å². The van der Waals surface area contributed by atoms with Crippen LogP contribution in [-0.2, 0) is 9.59 Å². The van der Waals surface area contributed by atoms with Gasteiger partial charge in [0.2, 0.25) is 5.91 Å². The minimum absolute atomic E-state index is 0.0727. The lowest BCUT2D eigenvalue weighted by molar-refractivity contribution is -0.148. The molecular formula is C14H25N3O3. The number of carboxylic acids is 1. The number of amides is 1. The van der Waals surface area contributed by atoms with E-state index in [2.05, 4.69) is 10.2 Å². The summed E-state index contributed by atoms with van der Waals surface area (Å²) in [7, 11) is 0. The standard InChI is InChI=1S/C14H25N3O3/c1-2-14(13(19)20)4-8-17(11-14)12(18)10-16-7-3-5-15-6-9-16/h15H,2-11H2,1H3,(H,19,20). The van der Waals surface area contributed by atoms with Crippen molar-refractivity contribution >= 4 is 11.9 Å². The van der Waals surface area contributed by atoms with Gasteiger partial charge in [0.25, 0.3) is 0 Å². The first-order valence-corrected chi connectivity index (χ1v) is 7.52. The fraction of sp³-hybridized carbons (Fsp3) is 0.857. The third-order valence-corrected chi connectivity index (χ3v) is 4.63. The second kappa shape index (κ2) is 6.54. The van der Waals surface area contributed by atoms with Crippen LogP contribution in [0.5, 0.6) is 0 Å². The van der Waals surface area contributed by atoms with Crippen molar-refractivity contribution in [3.8, 4) is 0 Å². The molecule has 2 N–H and O–H groups in total. The zero-order valence-electron chi connectivity index (χ0n) is 12.2. The lowest BCUT2D eigenvalue weighted by Gasteiger charge is -2.25. The van der Waals surface area contributed by atoms with Gasteiger partial charge < -0.3 is 15.3 Å². The molecule has 114 valence electrons. The van der Waals surface area contributed by atoms with E-state index in [1.54, 1.807) is 4.90 Å². The second-order valence-electron chi connectivity index (χ2n) is 5.88. The van der Waals surface area contributed by atoms with E-state index in [9.17, 15) is 14.7 Å². The molecule has 1 amide bonds. The van der Waals surface area contributed by atoms with Crippen molar-refractivity contribution in [2.75, 3.05) is 45.8 Å². The summed E-state index contributed by atoms with van der Waals surface area (Å²) in [6, 6.07) is 0. The Morgan fingerprint density at radius 2 is 2.05 bits per heavy atom. The lowest BCUT2D eigenvalue weighted by atomic mass is 9.84. The predicted octanol–water partition coefficient (Wildman–Crippen LogP) is -0.00500. The van der Waals surface area contributed by atoms with Gasteiger partial charge in [0.15, 0.2) is 0 Å². The first kappa shape index (κ1) is 15.3. The van der Waals surface area contributed by atoms with Gasteiger partial charge in [-0.15, -0.1) is 0 Å². The average molecular weight is 283 g/mol. The Kier molecular flexibility index (Phi) is 4.99. The Bertz CT molecular complexity index is 367. The van der Waals surface area contributed by atoms with Gasteiger partial charge in [0, 0.05) is 26.2 Å². The number of likely N-dealkylation sites (tertiary alicyclic amines) is 1. The molecule has 2 heterocycles. The largest absolute Gasteiger partial charge is 0.481 e. The molecule has 2 aliphatic rings. The molecule has 0 bridgehead atoms. The maximum absolute atomic E-state index is 12.3. The minimum atomic E-state index is -0.769. The fourth-order valence-electron chi connectivity index (χ4n) is 3.05. The van der Waals surface area contributed by atoms with Gasteiger partial charge in [-0.05, 0) is 32.4 Å². The van der Waals surface area contributed by atoms with Crippen LogP contribution in [0.2, 0.25) is 0 Å². The van der Waals surface area contributed by atoms with Crippen LogP contribution in [0.4, 0.5) is 0 Å². The molecule has 0 aromatic heterocycles. The van der Waals surface area contributed by atoms with Gasteiger partial charge in [-0.2, -0.15) is 0 Å². The number of carboxylic acid groups (broad SMARTS) is 1. The summed E-state index contributed by atoms with van der Waals surface area (Å²) < 4.78 is 0. The van der Waals surface area contributed by atoms with Crippen molar-refractivity contribution < 1.29 is 14.7 Å².